The van der Waals surface area contributed by atoms with Crippen LogP contribution in [-0.2, 0) is 20.1 Å². The lowest BCUT2D eigenvalue weighted by Crippen LogP contribution is -2.13. The van der Waals surface area contributed by atoms with Crippen LogP contribution in [0.3, 0.4) is 0 Å². The molecule has 2 rings (SSSR count). The number of aryl methyl sites for hydroxylation is 2. The van der Waals surface area contributed by atoms with Gasteiger partial charge in [0.2, 0.25) is 0 Å². The van der Waals surface area contributed by atoms with Crippen LogP contribution in [0.15, 0.2) is 24.4 Å². The van der Waals surface area contributed by atoms with E-state index < -0.39 is 0 Å². The van der Waals surface area contributed by atoms with Gasteiger partial charge in [0.15, 0.2) is 11.5 Å². The summed E-state index contributed by atoms with van der Waals surface area (Å²) < 4.78 is 1.78. The van der Waals surface area contributed by atoms with E-state index in [2.05, 4.69) is 10.4 Å². The quantitative estimate of drug-likeness (QED) is 0.715. The zero-order chi connectivity index (χ0) is 13.1. The maximum Gasteiger partial charge on any atom is 0.161 e. The first-order valence-corrected chi connectivity index (χ1v) is 5.77. The van der Waals surface area contributed by atoms with Gasteiger partial charge in [0, 0.05) is 37.5 Å². The summed E-state index contributed by atoms with van der Waals surface area (Å²) in [6.07, 6.45) is 1.96. The summed E-state index contributed by atoms with van der Waals surface area (Å²) >= 11 is 0. The van der Waals surface area contributed by atoms with E-state index in [0.29, 0.717) is 18.7 Å². The largest absolute Gasteiger partial charge is 0.504 e. The van der Waals surface area contributed by atoms with Gasteiger partial charge in [0.25, 0.3) is 0 Å². The van der Waals surface area contributed by atoms with E-state index in [4.69, 9.17) is 0 Å². The van der Waals surface area contributed by atoms with Gasteiger partial charge in [-0.25, -0.2) is 0 Å². The van der Waals surface area contributed by atoms with Crippen LogP contribution in [0.4, 0.5) is 0 Å². The lowest BCUT2D eigenvalue weighted by Gasteiger charge is -2.07. The average molecular weight is 247 g/mol. The molecular weight excluding hydrogens is 230 g/mol. The minimum atomic E-state index is -0.0909. The van der Waals surface area contributed by atoms with E-state index in [-0.39, 0.29) is 11.5 Å². The van der Waals surface area contributed by atoms with Crippen molar-refractivity contribution in [3.63, 3.8) is 0 Å². The molecule has 5 nitrogen and oxygen atoms in total. The summed E-state index contributed by atoms with van der Waals surface area (Å²) in [5, 5.41) is 26.5. The summed E-state index contributed by atoms with van der Waals surface area (Å²) in [5.41, 5.74) is 2.79. The first kappa shape index (κ1) is 12.4. The Labute approximate surface area is 106 Å². The monoisotopic (exact) mass is 247 g/mol. The van der Waals surface area contributed by atoms with Crippen LogP contribution in [0.1, 0.15) is 16.8 Å². The topological polar surface area (TPSA) is 70.3 Å². The first-order chi connectivity index (χ1) is 8.58. The Morgan fingerprint density at radius 1 is 1.22 bits per heavy atom. The molecule has 1 aromatic carbocycles. The van der Waals surface area contributed by atoms with Crippen molar-refractivity contribution in [3.05, 3.63) is 41.2 Å². The Bertz CT molecular complexity index is 549. The Balaban J connectivity index is 1.96. The molecule has 0 atom stereocenters. The maximum absolute atomic E-state index is 9.65. The summed E-state index contributed by atoms with van der Waals surface area (Å²) in [6, 6.07) is 4.95. The second kappa shape index (κ2) is 5.10. The normalized spacial score (nSPS) is 10.8. The van der Waals surface area contributed by atoms with Crippen LogP contribution in [0.2, 0.25) is 0 Å². The molecule has 2 aromatic rings. The molecule has 5 heteroatoms. The van der Waals surface area contributed by atoms with Crippen LogP contribution in [0.5, 0.6) is 11.5 Å². The van der Waals surface area contributed by atoms with Gasteiger partial charge < -0.3 is 15.5 Å². The SMILES string of the molecule is Cc1nn(C)cc1CNCc1cccc(O)c1O. The molecule has 0 aliphatic heterocycles. The van der Waals surface area contributed by atoms with Gasteiger partial charge in [0.05, 0.1) is 5.69 Å². The lowest BCUT2D eigenvalue weighted by molar-refractivity contribution is 0.397. The number of nitrogens with one attached hydrogen (secondary N) is 1. The van der Waals surface area contributed by atoms with Gasteiger partial charge in [-0.15, -0.1) is 0 Å². The summed E-state index contributed by atoms with van der Waals surface area (Å²) in [6.45, 7) is 3.13. The summed E-state index contributed by atoms with van der Waals surface area (Å²) in [4.78, 5) is 0. The number of aromatic hydroxyl groups is 2. The van der Waals surface area contributed by atoms with E-state index in [1.165, 1.54) is 6.07 Å². The van der Waals surface area contributed by atoms with E-state index >= 15 is 0 Å². The number of phenols is 2. The minimum Gasteiger partial charge on any atom is -0.504 e. The van der Waals surface area contributed by atoms with Crippen molar-refractivity contribution in [3.8, 4) is 11.5 Å². The average Bonchev–Trinajstić information content (AvgIpc) is 2.63. The number of phenolic OH excluding ortho intramolecular Hbond substituents is 2. The summed E-state index contributed by atoms with van der Waals surface area (Å²) in [5.74, 6) is -0.153. The summed E-state index contributed by atoms with van der Waals surface area (Å²) in [7, 11) is 1.89. The van der Waals surface area contributed by atoms with Crippen LogP contribution in [-0.4, -0.2) is 20.0 Å². The van der Waals surface area contributed by atoms with E-state index in [9.17, 15) is 10.2 Å². The second-order valence-electron chi connectivity index (χ2n) is 4.30. The Hall–Kier alpha value is -2.01. The van der Waals surface area contributed by atoms with Gasteiger partial charge in [-0.3, -0.25) is 4.68 Å². The molecule has 0 saturated heterocycles. The number of aromatic nitrogens is 2. The molecule has 0 fully saturated rings. The smallest absolute Gasteiger partial charge is 0.161 e. The molecule has 0 saturated carbocycles. The molecule has 18 heavy (non-hydrogen) atoms. The van der Waals surface area contributed by atoms with Crippen LogP contribution in [0.25, 0.3) is 0 Å². The van der Waals surface area contributed by atoms with Gasteiger partial charge in [-0.2, -0.15) is 5.10 Å². The predicted octanol–water partition coefficient (Wildman–Crippen LogP) is 1.43. The number of benzene rings is 1. The number of nitrogens with zero attached hydrogens (tertiary/aromatic N) is 2. The molecule has 3 N–H and O–H groups in total. The van der Waals surface area contributed by atoms with Crippen molar-refractivity contribution in [2.45, 2.75) is 20.0 Å². The van der Waals surface area contributed by atoms with Crippen molar-refractivity contribution in [2.24, 2.45) is 7.05 Å². The maximum atomic E-state index is 9.65. The molecule has 1 heterocycles. The lowest BCUT2D eigenvalue weighted by atomic mass is 10.2. The van der Waals surface area contributed by atoms with E-state index in [0.717, 1.165) is 11.3 Å². The molecule has 0 spiro atoms. The van der Waals surface area contributed by atoms with E-state index in [1.54, 1.807) is 16.8 Å². The highest BCUT2D eigenvalue weighted by Gasteiger charge is 2.06. The molecule has 0 amide bonds. The standard InChI is InChI=1S/C13H17N3O2/c1-9-11(8-16(2)15-9)7-14-6-10-4-3-5-12(17)13(10)18/h3-5,8,14,17-18H,6-7H2,1-2H3. The number of rotatable bonds is 4. The third-order valence-corrected chi connectivity index (χ3v) is 2.84. The highest BCUT2D eigenvalue weighted by molar-refractivity contribution is 5.44. The number of hydrogen-bond donors (Lipinski definition) is 3. The third-order valence-electron chi connectivity index (χ3n) is 2.84. The van der Waals surface area contributed by atoms with Gasteiger partial charge in [-0.1, -0.05) is 12.1 Å². The Morgan fingerprint density at radius 2 is 1.94 bits per heavy atom. The number of para-hydroxylation sites is 1. The molecule has 0 unspecified atom stereocenters. The first-order valence-electron chi connectivity index (χ1n) is 5.77. The van der Waals surface area contributed by atoms with Crippen LogP contribution >= 0.6 is 0 Å². The molecular formula is C13H17N3O2. The molecule has 0 aliphatic carbocycles. The number of hydrogen-bond acceptors (Lipinski definition) is 4. The highest BCUT2D eigenvalue weighted by atomic mass is 16.3. The Morgan fingerprint density at radius 3 is 2.61 bits per heavy atom. The van der Waals surface area contributed by atoms with Gasteiger partial charge in [-0.05, 0) is 13.0 Å². The molecule has 0 aliphatic rings. The van der Waals surface area contributed by atoms with Crippen molar-refractivity contribution >= 4 is 0 Å². The molecule has 96 valence electrons. The Kier molecular flexibility index (Phi) is 3.53. The highest BCUT2D eigenvalue weighted by Crippen LogP contribution is 2.27. The van der Waals surface area contributed by atoms with Crippen molar-refractivity contribution in [1.82, 2.24) is 15.1 Å². The fourth-order valence-corrected chi connectivity index (χ4v) is 1.87. The minimum absolute atomic E-state index is 0.0621. The fraction of sp³-hybridized carbons (Fsp3) is 0.308. The predicted molar refractivity (Wildman–Crippen MR) is 68.3 cm³/mol. The van der Waals surface area contributed by atoms with Crippen molar-refractivity contribution < 1.29 is 10.2 Å². The second-order valence-corrected chi connectivity index (χ2v) is 4.30. The molecule has 0 bridgehead atoms. The zero-order valence-electron chi connectivity index (χ0n) is 10.5. The van der Waals surface area contributed by atoms with Crippen LogP contribution < -0.4 is 5.32 Å². The van der Waals surface area contributed by atoms with Crippen LogP contribution in [0, 0.1) is 6.92 Å². The third kappa shape index (κ3) is 2.62. The van der Waals surface area contributed by atoms with Gasteiger partial charge in [0.1, 0.15) is 0 Å². The molecule has 1 aromatic heterocycles. The van der Waals surface area contributed by atoms with Crippen molar-refractivity contribution in [2.75, 3.05) is 0 Å². The molecule has 0 radical (unpaired) electrons. The fourth-order valence-electron chi connectivity index (χ4n) is 1.87. The zero-order valence-corrected chi connectivity index (χ0v) is 10.5. The van der Waals surface area contributed by atoms with E-state index in [1.807, 2.05) is 20.2 Å². The van der Waals surface area contributed by atoms with Crippen molar-refractivity contribution in [1.29, 1.82) is 0 Å². The van der Waals surface area contributed by atoms with Gasteiger partial charge >= 0.3 is 0 Å².